The van der Waals surface area contributed by atoms with Gasteiger partial charge in [0, 0.05) is 47.1 Å². The molecule has 0 atom stereocenters. The van der Waals surface area contributed by atoms with Crippen LogP contribution in [0.2, 0.25) is 15.2 Å². The molecule has 178 valence electrons. The summed E-state index contributed by atoms with van der Waals surface area (Å²) in [5.74, 6) is 1.47. The van der Waals surface area contributed by atoms with Crippen LogP contribution in [0.1, 0.15) is 40.7 Å². The second-order valence-corrected chi connectivity index (χ2v) is 10.3. The summed E-state index contributed by atoms with van der Waals surface area (Å²) < 4.78 is 0. The van der Waals surface area contributed by atoms with Crippen molar-refractivity contribution in [2.45, 2.75) is 36.6 Å². The van der Waals surface area contributed by atoms with Crippen molar-refractivity contribution in [3.05, 3.63) is 80.4 Å². The van der Waals surface area contributed by atoms with Crippen LogP contribution in [0.25, 0.3) is 0 Å². The van der Waals surface area contributed by atoms with Crippen LogP contribution in [-0.4, -0.2) is 35.5 Å². The van der Waals surface area contributed by atoms with E-state index in [1.165, 1.54) is 31.0 Å². The lowest BCUT2D eigenvalue weighted by Gasteiger charge is -2.27. The minimum atomic E-state index is -0.117. The summed E-state index contributed by atoms with van der Waals surface area (Å²) in [6.07, 6.45) is 4.26. The second kappa shape index (κ2) is 12.1. The van der Waals surface area contributed by atoms with Crippen molar-refractivity contribution in [2.24, 2.45) is 0 Å². The van der Waals surface area contributed by atoms with E-state index < -0.39 is 0 Å². The molecular weight excluding hydrogens is 511 g/mol. The van der Waals surface area contributed by atoms with Gasteiger partial charge < -0.3 is 10.2 Å². The molecule has 1 N–H and O–H groups in total. The number of thioether (sulfide) groups is 1. The van der Waals surface area contributed by atoms with Crippen LogP contribution in [0.4, 0.5) is 5.82 Å². The number of carbonyl (C=O) groups excluding carboxylic acids is 1. The molecule has 34 heavy (non-hydrogen) atoms. The molecule has 0 unspecified atom stereocenters. The highest BCUT2D eigenvalue weighted by molar-refractivity contribution is 7.98. The Labute approximate surface area is 219 Å². The summed E-state index contributed by atoms with van der Waals surface area (Å²) in [5, 5.41) is 5.27. The van der Waals surface area contributed by atoms with Gasteiger partial charge in [-0.15, -0.1) is 0 Å². The first-order valence-electron chi connectivity index (χ1n) is 11.2. The monoisotopic (exact) mass is 534 g/mol. The van der Waals surface area contributed by atoms with E-state index in [4.69, 9.17) is 39.8 Å². The summed E-state index contributed by atoms with van der Waals surface area (Å²) >= 11 is 19.9. The van der Waals surface area contributed by atoms with Crippen LogP contribution in [-0.2, 0) is 12.2 Å². The average molecular weight is 536 g/mol. The molecule has 0 saturated carbocycles. The fourth-order valence-electron chi connectivity index (χ4n) is 3.77. The van der Waals surface area contributed by atoms with Crippen molar-refractivity contribution in [3.63, 3.8) is 0 Å². The number of piperidine rings is 1. The number of carbonyl (C=O) groups is 1. The Morgan fingerprint density at radius 2 is 1.74 bits per heavy atom. The molecule has 0 bridgehead atoms. The molecule has 1 aliphatic rings. The zero-order chi connectivity index (χ0) is 23.9. The van der Waals surface area contributed by atoms with E-state index in [0.29, 0.717) is 44.6 Å². The first kappa shape index (κ1) is 25.1. The normalized spacial score (nSPS) is 13.7. The maximum atomic E-state index is 12.5. The molecule has 1 fully saturated rings. The molecule has 0 radical (unpaired) electrons. The highest BCUT2D eigenvalue weighted by Gasteiger charge is 2.15. The summed E-state index contributed by atoms with van der Waals surface area (Å²) in [6.45, 7) is 2.50. The molecule has 2 aromatic carbocycles. The third-order valence-corrected chi connectivity index (χ3v) is 7.32. The van der Waals surface area contributed by atoms with Gasteiger partial charge in [-0.2, -0.15) is 0 Å². The largest absolute Gasteiger partial charge is 0.356 e. The summed E-state index contributed by atoms with van der Waals surface area (Å²) in [6, 6.07) is 14.8. The predicted molar refractivity (Wildman–Crippen MR) is 142 cm³/mol. The number of nitrogens with one attached hydrogen (secondary N) is 1. The smallest absolute Gasteiger partial charge is 0.251 e. The van der Waals surface area contributed by atoms with Crippen molar-refractivity contribution in [1.82, 2.24) is 15.3 Å². The Bertz CT molecular complexity index is 1140. The van der Waals surface area contributed by atoms with E-state index in [2.05, 4.69) is 15.2 Å². The zero-order valence-electron chi connectivity index (χ0n) is 18.6. The number of nitrogens with zero attached hydrogens (tertiary/aromatic N) is 3. The lowest BCUT2D eigenvalue weighted by molar-refractivity contribution is 0.0954. The number of rotatable bonds is 8. The van der Waals surface area contributed by atoms with Crippen molar-refractivity contribution in [2.75, 3.05) is 24.5 Å². The number of benzene rings is 2. The topological polar surface area (TPSA) is 58.1 Å². The van der Waals surface area contributed by atoms with Gasteiger partial charge in [0.05, 0.1) is 0 Å². The fraction of sp³-hybridized carbons (Fsp3) is 0.320. The van der Waals surface area contributed by atoms with Gasteiger partial charge in [0.15, 0.2) is 5.16 Å². The van der Waals surface area contributed by atoms with Gasteiger partial charge in [0.2, 0.25) is 0 Å². The number of halogens is 3. The van der Waals surface area contributed by atoms with Gasteiger partial charge in [-0.25, -0.2) is 9.97 Å². The third kappa shape index (κ3) is 7.01. The average Bonchev–Trinajstić information content (AvgIpc) is 2.84. The molecule has 5 nitrogen and oxygen atoms in total. The second-order valence-electron chi connectivity index (χ2n) is 8.11. The summed E-state index contributed by atoms with van der Waals surface area (Å²) in [5.41, 5.74) is 2.64. The summed E-state index contributed by atoms with van der Waals surface area (Å²) in [4.78, 5) is 23.8. The van der Waals surface area contributed by atoms with Gasteiger partial charge in [-0.1, -0.05) is 64.8 Å². The number of hydrogen-bond acceptors (Lipinski definition) is 5. The van der Waals surface area contributed by atoms with Gasteiger partial charge in [0.1, 0.15) is 11.0 Å². The minimum absolute atomic E-state index is 0.117. The van der Waals surface area contributed by atoms with Crippen LogP contribution in [0.3, 0.4) is 0 Å². The molecule has 0 spiro atoms. The fourth-order valence-corrected chi connectivity index (χ4v) is 5.31. The lowest BCUT2D eigenvalue weighted by atomic mass is 10.1. The van der Waals surface area contributed by atoms with Crippen molar-refractivity contribution in [3.8, 4) is 0 Å². The first-order valence-corrected chi connectivity index (χ1v) is 13.3. The number of anilines is 1. The van der Waals surface area contributed by atoms with E-state index in [1.54, 1.807) is 12.1 Å². The number of hydrogen-bond donors (Lipinski definition) is 1. The maximum absolute atomic E-state index is 12.5. The van der Waals surface area contributed by atoms with E-state index in [0.717, 1.165) is 30.0 Å². The molecule has 1 aliphatic heterocycles. The summed E-state index contributed by atoms with van der Waals surface area (Å²) in [7, 11) is 0. The Morgan fingerprint density at radius 3 is 2.47 bits per heavy atom. The standard InChI is InChI=1S/C25H25Cl3N4OS/c26-20-9-8-18(21(27)14-20)10-11-29-24(33)19-6-4-17(5-7-19)16-34-25-30-22(28)15-23(31-25)32-12-2-1-3-13-32/h4-9,14-15H,1-3,10-13,16H2,(H,29,33). The minimum Gasteiger partial charge on any atom is -0.356 e. The molecule has 1 aromatic heterocycles. The molecule has 4 rings (SSSR count). The SMILES string of the molecule is O=C(NCCc1ccc(Cl)cc1Cl)c1ccc(CSc2nc(Cl)cc(N3CCCCC3)n2)cc1. The Balaban J connectivity index is 1.29. The number of aromatic nitrogens is 2. The Morgan fingerprint density at radius 1 is 0.971 bits per heavy atom. The van der Waals surface area contributed by atoms with Crippen LogP contribution >= 0.6 is 46.6 Å². The van der Waals surface area contributed by atoms with E-state index in [9.17, 15) is 4.79 Å². The quantitative estimate of drug-likeness (QED) is 0.198. The Kier molecular flexibility index (Phi) is 8.95. The maximum Gasteiger partial charge on any atom is 0.251 e. The number of amides is 1. The van der Waals surface area contributed by atoms with Gasteiger partial charge in [0.25, 0.3) is 5.91 Å². The molecule has 3 aromatic rings. The van der Waals surface area contributed by atoms with Gasteiger partial charge in [-0.05, 0) is 61.1 Å². The molecular formula is C25H25Cl3N4OS. The van der Waals surface area contributed by atoms with Crippen molar-refractivity contribution >= 4 is 58.3 Å². The van der Waals surface area contributed by atoms with Crippen molar-refractivity contribution in [1.29, 1.82) is 0 Å². The molecule has 0 aliphatic carbocycles. The first-order chi connectivity index (χ1) is 16.5. The van der Waals surface area contributed by atoms with Crippen LogP contribution in [0, 0.1) is 0 Å². The van der Waals surface area contributed by atoms with Crippen LogP contribution in [0.15, 0.2) is 53.7 Å². The molecule has 1 amide bonds. The van der Waals surface area contributed by atoms with Crippen LogP contribution < -0.4 is 10.2 Å². The Hall–Kier alpha value is -1.99. The van der Waals surface area contributed by atoms with E-state index in [-0.39, 0.29) is 5.91 Å². The van der Waals surface area contributed by atoms with Gasteiger partial charge in [-0.3, -0.25) is 4.79 Å². The highest BCUT2D eigenvalue weighted by atomic mass is 35.5. The molecule has 1 saturated heterocycles. The third-order valence-electron chi connectivity index (χ3n) is 5.62. The molecule has 9 heteroatoms. The van der Waals surface area contributed by atoms with Crippen LogP contribution in [0.5, 0.6) is 0 Å². The van der Waals surface area contributed by atoms with E-state index >= 15 is 0 Å². The zero-order valence-corrected chi connectivity index (χ0v) is 21.7. The highest BCUT2D eigenvalue weighted by Crippen LogP contribution is 2.26. The lowest BCUT2D eigenvalue weighted by Crippen LogP contribution is -2.30. The predicted octanol–water partition coefficient (Wildman–Crippen LogP) is 6.69. The van der Waals surface area contributed by atoms with E-state index in [1.807, 2.05) is 36.4 Å². The molecule has 2 heterocycles. The van der Waals surface area contributed by atoms with Crippen molar-refractivity contribution < 1.29 is 4.79 Å². The van der Waals surface area contributed by atoms with Gasteiger partial charge >= 0.3 is 0 Å².